The average molecular weight is 348 g/mol. The van der Waals surface area contributed by atoms with Crippen molar-refractivity contribution in [1.29, 1.82) is 0 Å². The Morgan fingerprint density at radius 1 is 1.19 bits per heavy atom. The molecule has 0 spiro atoms. The number of hydrogen-bond donors (Lipinski definition) is 1. The van der Waals surface area contributed by atoms with Crippen molar-refractivity contribution in [3.05, 3.63) is 52.5 Å². The van der Waals surface area contributed by atoms with Crippen LogP contribution in [-0.4, -0.2) is 9.97 Å². The van der Waals surface area contributed by atoms with Gasteiger partial charge in [-0.15, -0.1) is 0 Å². The van der Waals surface area contributed by atoms with E-state index in [0.717, 1.165) is 10.0 Å². The largest absolute Gasteiger partial charge is 0.452 e. The highest BCUT2D eigenvalue weighted by atomic mass is 79.9. The first-order chi connectivity index (χ1) is 10.0. The molecule has 0 fully saturated rings. The van der Waals surface area contributed by atoms with E-state index in [4.69, 9.17) is 10.5 Å². The quantitative estimate of drug-likeness (QED) is 0.705. The lowest BCUT2D eigenvalue weighted by Gasteiger charge is -2.10. The maximum Gasteiger partial charge on any atom is 0.167 e. The van der Waals surface area contributed by atoms with Gasteiger partial charge < -0.3 is 10.5 Å². The van der Waals surface area contributed by atoms with E-state index in [0.29, 0.717) is 22.5 Å². The molecule has 4 nitrogen and oxygen atoms in total. The first kappa shape index (κ1) is 13.8. The fraction of sp³-hybridized carbons (Fsp3) is 0.0667. The van der Waals surface area contributed by atoms with Crippen LogP contribution in [0.4, 0.5) is 10.1 Å². The molecule has 3 aromatic rings. The average Bonchev–Trinajstić information content (AvgIpc) is 2.44. The van der Waals surface area contributed by atoms with E-state index in [2.05, 4.69) is 25.9 Å². The molecule has 0 amide bonds. The van der Waals surface area contributed by atoms with Gasteiger partial charge in [0.05, 0.1) is 5.52 Å². The Kier molecular flexibility index (Phi) is 3.47. The monoisotopic (exact) mass is 347 g/mol. The summed E-state index contributed by atoms with van der Waals surface area (Å²) >= 11 is 3.34. The molecule has 0 radical (unpaired) electrons. The predicted molar refractivity (Wildman–Crippen MR) is 82.9 cm³/mol. The summed E-state index contributed by atoms with van der Waals surface area (Å²) in [5.74, 6) is 0.0367. The summed E-state index contributed by atoms with van der Waals surface area (Å²) in [6.07, 6.45) is 3.23. The van der Waals surface area contributed by atoms with E-state index in [1.54, 1.807) is 31.5 Å². The molecular weight excluding hydrogens is 337 g/mol. The lowest BCUT2D eigenvalue weighted by atomic mass is 10.2. The van der Waals surface area contributed by atoms with E-state index in [1.165, 1.54) is 6.07 Å². The second-order valence-electron chi connectivity index (χ2n) is 4.57. The van der Waals surface area contributed by atoms with Gasteiger partial charge in [0.25, 0.3) is 0 Å². The Morgan fingerprint density at radius 2 is 2.00 bits per heavy atom. The van der Waals surface area contributed by atoms with Crippen LogP contribution in [0.2, 0.25) is 0 Å². The Bertz CT molecular complexity index is 839. The molecule has 2 heterocycles. The highest BCUT2D eigenvalue weighted by molar-refractivity contribution is 9.10. The molecule has 21 heavy (non-hydrogen) atoms. The summed E-state index contributed by atoms with van der Waals surface area (Å²) in [5, 5.41) is 0. The van der Waals surface area contributed by atoms with Crippen molar-refractivity contribution < 1.29 is 9.13 Å². The van der Waals surface area contributed by atoms with E-state index in [9.17, 15) is 4.39 Å². The molecule has 2 N–H and O–H groups in total. The van der Waals surface area contributed by atoms with Crippen LogP contribution in [0.1, 0.15) is 5.56 Å². The van der Waals surface area contributed by atoms with Crippen molar-refractivity contribution in [3.63, 3.8) is 0 Å². The number of aryl methyl sites for hydroxylation is 1. The van der Waals surface area contributed by atoms with Crippen LogP contribution >= 0.6 is 15.9 Å². The molecule has 2 aromatic heterocycles. The zero-order valence-corrected chi connectivity index (χ0v) is 12.7. The minimum Gasteiger partial charge on any atom is -0.452 e. The lowest BCUT2D eigenvalue weighted by Crippen LogP contribution is -1.96. The number of anilines is 1. The zero-order chi connectivity index (χ0) is 15.0. The van der Waals surface area contributed by atoms with Gasteiger partial charge in [0.2, 0.25) is 0 Å². The van der Waals surface area contributed by atoms with Gasteiger partial charge in [-0.1, -0.05) is 0 Å². The number of hydrogen-bond acceptors (Lipinski definition) is 4. The van der Waals surface area contributed by atoms with E-state index in [1.807, 2.05) is 6.07 Å². The van der Waals surface area contributed by atoms with E-state index >= 15 is 0 Å². The summed E-state index contributed by atoms with van der Waals surface area (Å²) in [6, 6.07) is 6.28. The van der Waals surface area contributed by atoms with Crippen molar-refractivity contribution in [2.45, 2.75) is 6.92 Å². The molecule has 0 saturated carbocycles. The maximum absolute atomic E-state index is 13.9. The van der Waals surface area contributed by atoms with Crippen molar-refractivity contribution in [1.82, 2.24) is 9.97 Å². The van der Waals surface area contributed by atoms with Crippen LogP contribution in [0, 0.1) is 12.7 Å². The van der Waals surface area contributed by atoms with Crippen LogP contribution in [0.15, 0.2) is 41.1 Å². The highest BCUT2D eigenvalue weighted by Crippen LogP contribution is 2.31. The van der Waals surface area contributed by atoms with Crippen molar-refractivity contribution in [2.24, 2.45) is 0 Å². The van der Waals surface area contributed by atoms with Crippen LogP contribution in [0.3, 0.4) is 0 Å². The van der Waals surface area contributed by atoms with Gasteiger partial charge in [0.1, 0.15) is 5.52 Å². The molecule has 0 bridgehead atoms. The Balaban J connectivity index is 2.08. The number of rotatable bonds is 2. The molecule has 0 aliphatic carbocycles. The van der Waals surface area contributed by atoms with Gasteiger partial charge in [0, 0.05) is 34.7 Å². The van der Waals surface area contributed by atoms with Gasteiger partial charge >= 0.3 is 0 Å². The number of nitrogens with two attached hydrogens (primary N) is 1. The minimum absolute atomic E-state index is 0.110. The number of pyridine rings is 2. The first-order valence-corrected chi connectivity index (χ1v) is 6.97. The summed E-state index contributed by atoms with van der Waals surface area (Å²) in [4.78, 5) is 8.48. The molecular formula is C15H11BrFN3O. The summed E-state index contributed by atoms with van der Waals surface area (Å²) in [5.41, 5.74) is 8.03. The molecule has 0 unspecified atom stereocenters. The van der Waals surface area contributed by atoms with Gasteiger partial charge in [-0.2, -0.15) is 0 Å². The molecule has 106 valence electrons. The third-order valence-corrected chi connectivity index (χ3v) is 3.48. The second-order valence-corrected chi connectivity index (χ2v) is 5.49. The highest BCUT2D eigenvalue weighted by Gasteiger charge is 2.11. The van der Waals surface area contributed by atoms with Crippen LogP contribution in [0.5, 0.6) is 11.5 Å². The summed E-state index contributed by atoms with van der Waals surface area (Å²) in [6.45, 7) is 1.79. The van der Waals surface area contributed by atoms with E-state index < -0.39 is 5.82 Å². The minimum atomic E-state index is -0.514. The van der Waals surface area contributed by atoms with E-state index in [-0.39, 0.29) is 5.75 Å². The lowest BCUT2D eigenvalue weighted by molar-refractivity contribution is 0.445. The number of aromatic nitrogens is 2. The number of fused-ring (bicyclic) bond motifs is 1. The first-order valence-electron chi connectivity index (χ1n) is 6.18. The topological polar surface area (TPSA) is 61.0 Å². The van der Waals surface area contributed by atoms with Crippen molar-refractivity contribution in [2.75, 3.05) is 5.73 Å². The smallest absolute Gasteiger partial charge is 0.167 e. The predicted octanol–water partition coefficient (Wildman–Crippen LogP) is 4.21. The SMILES string of the molecule is Cc1cc(Oc2ccnc3cc(Br)cnc23)c(F)cc1N. The molecule has 0 aliphatic rings. The maximum atomic E-state index is 13.9. The van der Waals surface area contributed by atoms with Crippen LogP contribution < -0.4 is 10.5 Å². The van der Waals surface area contributed by atoms with Gasteiger partial charge in [-0.05, 0) is 40.5 Å². The number of benzene rings is 1. The fourth-order valence-corrected chi connectivity index (χ4v) is 2.25. The number of halogens is 2. The van der Waals surface area contributed by atoms with Crippen LogP contribution in [0.25, 0.3) is 11.0 Å². The third kappa shape index (κ3) is 2.67. The molecule has 0 atom stereocenters. The normalized spacial score (nSPS) is 10.8. The summed E-state index contributed by atoms with van der Waals surface area (Å²) < 4.78 is 20.4. The molecule has 1 aromatic carbocycles. The number of nitrogens with zero attached hydrogens (tertiary/aromatic N) is 2. The van der Waals surface area contributed by atoms with Gasteiger partial charge in [-0.3, -0.25) is 4.98 Å². The zero-order valence-electron chi connectivity index (χ0n) is 11.1. The molecule has 0 aliphatic heterocycles. The summed E-state index contributed by atoms with van der Waals surface area (Å²) in [7, 11) is 0. The Hall–Kier alpha value is -2.21. The van der Waals surface area contributed by atoms with Crippen molar-refractivity contribution >= 4 is 32.7 Å². The Labute approximate surface area is 128 Å². The fourth-order valence-electron chi connectivity index (χ4n) is 1.93. The van der Waals surface area contributed by atoms with Crippen molar-refractivity contribution in [3.8, 4) is 11.5 Å². The second kappa shape index (κ2) is 5.29. The Morgan fingerprint density at radius 3 is 2.81 bits per heavy atom. The molecule has 3 rings (SSSR count). The number of ether oxygens (including phenoxy) is 1. The van der Waals surface area contributed by atoms with Gasteiger partial charge in [-0.25, -0.2) is 9.37 Å². The van der Waals surface area contributed by atoms with Crippen LogP contribution in [-0.2, 0) is 0 Å². The standard InChI is InChI=1S/C15H11BrFN3O/c1-8-4-14(10(17)6-11(8)18)21-13-2-3-19-12-5-9(16)7-20-15(12)13/h2-7H,18H2,1H3. The molecule has 0 saturated heterocycles. The third-order valence-electron chi connectivity index (χ3n) is 3.05. The number of nitrogen functional groups attached to an aromatic ring is 1. The molecule has 6 heteroatoms. The van der Waals surface area contributed by atoms with Gasteiger partial charge in [0.15, 0.2) is 17.3 Å².